The van der Waals surface area contributed by atoms with Crippen LogP contribution in [-0.2, 0) is 0 Å². The summed E-state index contributed by atoms with van der Waals surface area (Å²) in [7, 11) is 0. The first-order valence-electron chi connectivity index (χ1n) is 7.60. The van der Waals surface area contributed by atoms with E-state index in [2.05, 4.69) is 22.0 Å². The number of piperidine rings is 1. The number of likely N-dealkylation sites (N-methyl/N-ethyl adjacent to an activating group) is 1. The van der Waals surface area contributed by atoms with Crippen LogP contribution in [0.1, 0.15) is 39.0 Å². The average molecular weight is 237 g/mol. The molecule has 3 nitrogen and oxygen atoms in total. The fourth-order valence-corrected chi connectivity index (χ4v) is 4.24. The van der Waals surface area contributed by atoms with E-state index < -0.39 is 0 Å². The molecule has 1 N–H and O–H groups in total. The molecule has 3 rings (SSSR count). The molecule has 3 aliphatic heterocycles. The summed E-state index contributed by atoms with van der Waals surface area (Å²) in [6.45, 7) is 8.72. The highest BCUT2D eigenvalue weighted by molar-refractivity contribution is 4.98. The number of hydrogen-bond donors (Lipinski definition) is 1. The normalized spacial score (nSPS) is 39.7. The van der Waals surface area contributed by atoms with Crippen molar-refractivity contribution in [2.45, 2.75) is 57.2 Å². The van der Waals surface area contributed by atoms with E-state index in [9.17, 15) is 0 Å². The summed E-state index contributed by atoms with van der Waals surface area (Å²) in [5.41, 5.74) is 0. The minimum absolute atomic E-state index is 0.754. The molecule has 0 aliphatic carbocycles. The number of nitrogens with zero attached hydrogens (tertiary/aromatic N) is 2. The molecule has 0 radical (unpaired) electrons. The third-order valence-electron chi connectivity index (χ3n) is 4.99. The van der Waals surface area contributed by atoms with Crippen LogP contribution in [0.4, 0.5) is 0 Å². The summed E-state index contributed by atoms with van der Waals surface area (Å²) in [5, 5.41) is 3.64. The Kier molecular flexibility index (Phi) is 3.69. The first kappa shape index (κ1) is 11.9. The Morgan fingerprint density at radius 1 is 0.941 bits per heavy atom. The fourth-order valence-electron chi connectivity index (χ4n) is 4.24. The van der Waals surface area contributed by atoms with Gasteiger partial charge in [-0.25, -0.2) is 0 Å². The Labute approximate surface area is 106 Å². The van der Waals surface area contributed by atoms with Crippen molar-refractivity contribution in [2.75, 3.05) is 32.7 Å². The summed E-state index contributed by atoms with van der Waals surface area (Å²) in [5.74, 6) is 0. The summed E-state index contributed by atoms with van der Waals surface area (Å²) < 4.78 is 0. The van der Waals surface area contributed by atoms with Crippen LogP contribution in [0.3, 0.4) is 0 Å². The van der Waals surface area contributed by atoms with Crippen LogP contribution in [0.25, 0.3) is 0 Å². The number of fused-ring (bicyclic) bond motifs is 1. The maximum Gasteiger partial charge on any atom is 0.0264 e. The van der Waals surface area contributed by atoms with Crippen molar-refractivity contribution in [3.8, 4) is 0 Å². The van der Waals surface area contributed by atoms with Crippen molar-refractivity contribution in [2.24, 2.45) is 0 Å². The van der Waals surface area contributed by atoms with Gasteiger partial charge in [0.05, 0.1) is 0 Å². The second kappa shape index (κ2) is 5.25. The van der Waals surface area contributed by atoms with Crippen molar-refractivity contribution < 1.29 is 0 Å². The topological polar surface area (TPSA) is 18.5 Å². The zero-order valence-corrected chi connectivity index (χ0v) is 11.2. The highest BCUT2D eigenvalue weighted by Gasteiger charge is 2.40. The number of rotatable bonds is 3. The Morgan fingerprint density at radius 3 is 2.59 bits per heavy atom. The highest BCUT2D eigenvalue weighted by Crippen LogP contribution is 2.32. The average Bonchev–Trinajstić information content (AvgIpc) is 2.91. The van der Waals surface area contributed by atoms with Crippen LogP contribution in [0.2, 0.25) is 0 Å². The van der Waals surface area contributed by atoms with Crippen molar-refractivity contribution >= 4 is 0 Å². The van der Waals surface area contributed by atoms with Gasteiger partial charge in [-0.2, -0.15) is 0 Å². The number of nitrogens with one attached hydrogen (secondary N) is 1. The molecule has 0 saturated carbocycles. The lowest BCUT2D eigenvalue weighted by atomic mass is 9.99. The maximum atomic E-state index is 3.64. The Balaban J connectivity index is 1.60. The molecule has 3 fully saturated rings. The molecule has 3 saturated heterocycles. The Bertz CT molecular complexity index is 254. The van der Waals surface area contributed by atoms with Crippen LogP contribution in [-0.4, -0.2) is 60.6 Å². The van der Waals surface area contributed by atoms with Gasteiger partial charge in [-0.15, -0.1) is 0 Å². The number of hydrogen-bond acceptors (Lipinski definition) is 3. The third-order valence-corrected chi connectivity index (χ3v) is 4.99. The van der Waals surface area contributed by atoms with Crippen molar-refractivity contribution in [1.29, 1.82) is 0 Å². The minimum Gasteiger partial charge on any atom is -0.313 e. The molecule has 3 unspecified atom stereocenters. The molecule has 0 aromatic heterocycles. The lowest BCUT2D eigenvalue weighted by Crippen LogP contribution is -2.52. The zero-order valence-electron chi connectivity index (χ0n) is 11.2. The van der Waals surface area contributed by atoms with Crippen LogP contribution >= 0.6 is 0 Å². The molecule has 3 heteroatoms. The molecule has 0 spiro atoms. The van der Waals surface area contributed by atoms with Gasteiger partial charge in [0.1, 0.15) is 0 Å². The van der Waals surface area contributed by atoms with Gasteiger partial charge in [-0.05, 0) is 51.7 Å². The van der Waals surface area contributed by atoms with E-state index in [-0.39, 0.29) is 0 Å². The first-order chi connectivity index (χ1) is 8.38. The summed E-state index contributed by atoms with van der Waals surface area (Å²) in [6, 6.07) is 2.53. The summed E-state index contributed by atoms with van der Waals surface area (Å²) in [4.78, 5) is 5.54. The van der Waals surface area contributed by atoms with Gasteiger partial charge < -0.3 is 5.32 Å². The van der Waals surface area contributed by atoms with Gasteiger partial charge in [0.2, 0.25) is 0 Å². The molecule has 0 bridgehead atoms. The molecular weight excluding hydrogens is 210 g/mol. The quantitative estimate of drug-likeness (QED) is 0.798. The van der Waals surface area contributed by atoms with Crippen molar-refractivity contribution in [3.05, 3.63) is 0 Å². The van der Waals surface area contributed by atoms with Gasteiger partial charge in [0.25, 0.3) is 0 Å². The number of likely N-dealkylation sites (tertiary alicyclic amines) is 1. The van der Waals surface area contributed by atoms with E-state index in [0.29, 0.717) is 0 Å². The first-order valence-corrected chi connectivity index (χ1v) is 7.60. The molecule has 0 amide bonds. The molecule has 0 aromatic carbocycles. The Hall–Kier alpha value is -0.120. The van der Waals surface area contributed by atoms with Crippen LogP contribution in [0.5, 0.6) is 0 Å². The lowest BCUT2D eigenvalue weighted by Gasteiger charge is -2.39. The fraction of sp³-hybridized carbons (Fsp3) is 1.00. The zero-order chi connectivity index (χ0) is 11.7. The van der Waals surface area contributed by atoms with Crippen molar-refractivity contribution in [1.82, 2.24) is 15.1 Å². The maximum absolute atomic E-state index is 3.64. The predicted molar refractivity (Wildman–Crippen MR) is 71.3 cm³/mol. The van der Waals surface area contributed by atoms with Crippen LogP contribution in [0.15, 0.2) is 0 Å². The standard InChI is InChI=1S/C14H27N3/c1-2-15-12-5-3-9-17(11-12)14-7-10-16-8-4-6-13(14)16/h12-15H,2-11H2,1H3. The molecular formula is C14H27N3. The van der Waals surface area contributed by atoms with E-state index in [0.717, 1.165) is 24.7 Å². The molecule has 3 heterocycles. The van der Waals surface area contributed by atoms with Crippen LogP contribution in [0, 0.1) is 0 Å². The smallest absolute Gasteiger partial charge is 0.0264 e. The van der Waals surface area contributed by atoms with E-state index in [1.165, 1.54) is 58.3 Å². The van der Waals surface area contributed by atoms with Gasteiger partial charge in [-0.1, -0.05) is 6.92 Å². The second-order valence-corrected chi connectivity index (χ2v) is 5.99. The summed E-state index contributed by atoms with van der Waals surface area (Å²) >= 11 is 0. The van der Waals surface area contributed by atoms with Gasteiger partial charge >= 0.3 is 0 Å². The Morgan fingerprint density at radius 2 is 1.71 bits per heavy atom. The minimum atomic E-state index is 0.754. The van der Waals surface area contributed by atoms with E-state index in [1.54, 1.807) is 0 Å². The SMILES string of the molecule is CCNC1CCCN(C2CCN3CCCC23)C1. The van der Waals surface area contributed by atoms with Gasteiger partial charge in [0, 0.05) is 31.2 Å². The van der Waals surface area contributed by atoms with Crippen LogP contribution < -0.4 is 5.32 Å². The van der Waals surface area contributed by atoms with E-state index in [4.69, 9.17) is 0 Å². The molecule has 3 atom stereocenters. The molecule has 3 aliphatic rings. The van der Waals surface area contributed by atoms with Gasteiger partial charge in [0.15, 0.2) is 0 Å². The van der Waals surface area contributed by atoms with E-state index >= 15 is 0 Å². The van der Waals surface area contributed by atoms with Crippen molar-refractivity contribution in [3.63, 3.8) is 0 Å². The molecule has 17 heavy (non-hydrogen) atoms. The predicted octanol–water partition coefficient (Wildman–Crippen LogP) is 1.30. The lowest BCUT2D eigenvalue weighted by molar-refractivity contribution is 0.115. The highest BCUT2D eigenvalue weighted by atomic mass is 15.3. The second-order valence-electron chi connectivity index (χ2n) is 5.99. The van der Waals surface area contributed by atoms with Gasteiger partial charge in [-0.3, -0.25) is 9.80 Å². The summed E-state index contributed by atoms with van der Waals surface area (Å²) in [6.07, 6.45) is 7.08. The monoisotopic (exact) mass is 237 g/mol. The third kappa shape index (κ3) is 2.38. The molecule has 98 valence electrons. The largest absolute Gasteiger partial charge is 0.313 e. The van der Waals surface area contributed by atoms with E-state index in [1.807, 2.05) is 0 Å². The molecule has 0 aromatic rings.